The smallest absolute Gasteiger partial charge is 0.165 e. The Bertz CT molecular complexity index is 372. The fourth-order valence-corrected chi connectivity index (χ4v) is 1.42. The molecule has 17 heavy (non-hydrogen) atoms. The predicted octanol–water partition coefficient (Wildman–Crippen LogP) is 2.27. The number of ether oxygens (including phenoxy) is 1. The fraction of sp³-hybridized carbons (Fsp3) is 0.500. The van der Waals surface area contributed by atoms with Crippen molar-refractivity contribution in [1.82, 2.24) is 0 Å². The van der Waals surface area contributed by atoms with Gasteiger partial charge in [0.2, 0.25) is 0 Å². The zero-order valence-electron chi connectivity index (χ0n) is 10.2. The van der Waals surface area contributed by atoms with E-state index in [9.17, 15) is 9.50 Å². The van der Waals surface area contributed by atoms with E-state index >= 15 is 0 Å². The van der Waals surface area contributed by atoms with Crippen LogP contribution in [0.4, 0.5) is 4.39 Å². The molecule has 0 aromatic heterocycles. The molecule has 5 heteroatoms. The molecule has 0 amide bonds. The molecule has 1 aromatic rings. The quantitative estimate of drug-likeness (QED) is 0.876. The topological polar surface area (TPSA) is 55.5 Å². The van der Waals surface area contributed by atoms with Crippen LogP contribution in [0, 0.1) is 11.2 Å². The number of halogens is 2. The van der Waals surface area contributed by atoms with Gasteiger partial charge in [0.05, 0.1) is 7.11 Å². The summed E-state index contributed by atoms with van der Waals surface area (Å²) in [7, 11) is 1.41. The largest absolute Gasteiger partial charge is 0.494 e. The minimum Gasteiger partial charge on any atom is -0.494 e. The van der Waals surface area contributed by atoms with Crippen LogP contribution in [0.1, 0.15) is 25.5 Å². The molecule has 0 saturated heterocycles. The van der Waals surface area contributed by atoms with Crippen molar-refractivity contribution < 1.29 is 14.2 Å². The highest BCUT2D eigenvalue weighted by atomic mass is 35.5. The summed E-state index contributed by atoms with van der Waals surface area (Å²) in [6.07, 6.45) is 0. The summed E-state index contributed by atoms with van der Waals surface area (Å²) in [5.41, 5.74) is 6.31. The minimum absolute atomic E-state index is 0. The minimum atomic E-state index is -0.456. The van der Waals surface area contributed by atoms with Crippen LogP contribution in [0.5, 0.6) is 5.75 Å². The molecular weight excluding hydrogens is 245 g/mol. The van der Waals surface area contributed by atoms with Crippen molar-refractivity contribution in [2.45, 2.75) is 19.9 Å². The van der Waals surface area contributed by atoms with Crippen molar-refractivity contribution >= 4 is 12.4 Å². The molecule has 0 aliphatic rings. The molecule has 0 bridgehead atoms. The second-order valence-electron chi connectivity index (χ2n) is 4.52. The molecule has 0 heterocycles. The van der Waals surface area contributed by atoms with Crippen LogP contribution < -0.4 is 10.5 Å². The van der Waals surface area contributed by atoms with E-state index in [2.05, 4.69) is 0 Å². The van der Waals surface area contributed by atoms with E-state index in [0.29, 0.717) is 0 Å². The van der Waals surface area contributed by atoms with E-state index in [0.717, 1.165) is 5.56 Å². The first-order chi connectivity index (χ1) is 7.42. The Balaban J connectivity index is 0.00000256. The van der Waals surface area contributed by atoms with Crippen LogP contribution >= 0.6 is 12.4 Å². The van der Waals surface area contributed by atoms with Gasteiger partial charge in [-0.3, -0.25) is 0 Å². The average Bonchev–Trinajstić information content (AvgIpc) is 2.28. The summed E-state index contributed by atoms with van der Waals surface area (Å²) in [4.78, 5) is 0. The molecule has 3 N–H and O–H groups in total. The second-order valence-corrected chi connectivity index (χ2v) is 4.52. The highest BCUT2D eigenvalue weighted by molar-refractivity contribution is 5.85. The van der Waals surface area contributed by atoms with Crippen molar-refractivity contribution in [2.24, 2.45) is 11.1 Å². The van der Waals surface area contributed by atoms with Gasteiger partial charge in [0.1, 0.15) is 0 Å². The number of nitrogens with two attached hydrogens (primary N) is 1. The Labute approximate surface area is 107 Å². The first-order valence-corrected chi connectivity index (χ1v) is 5.12. The van der Waals surface area contributed by atoms with Gasteiger partial charge in [-0.25, -0.2) is 4.39 Å². The summed E-state index contributed by atoms with van der Waals surface area (Å²) in [5.74, 6) is -0.248. The molecule has 0 fully saturated rings. The van der Waals surface area contributed by atoms with Gasteiger partial charge in [0.25, 0.3) is 0 Å². The van der Waals surface area contributed by atoms with Gasteiger partial charge in [-0.05, 0) is 17.7 Å². The maximum absolute atomic E-state index is 13.2. The van der Waals surface area contributed by atoms with Crippen LogP contribution in [-0.4, -0.2) is 18.8 Å². The predicted molar refractivity (Wildman–Crippen MR) is 68.0 cm³/mol. The molecule has 1 aromatic carbocycles. The van der Waals surface area contributed by atoms with Crippen molar-refractivity contribution in [2.75, 3.05) is 13.7 Å². The Morgan fingerprint density at radius 1 is 1.47 bits per heavy atom. The zero-order chi connectivity index (χ0) is 12.3. The third-order valence-corrected chi connectivity index (χ3v) is 2.78. The van der Waals surface area contributed by atoms with E-state index in [4.69, 9.17) is 10.5 Å². The Morgan fingerprint density at radius 3 is 2.53 bits per heavy atom. The maximum Gasteiger partial charge on any atom is 0.165 e. The molecule has 3 nitrogen and oxygen atoms in total. The molecule has 0 radical (unpaired) electrons. The van der Waals surface area contributed by atoms with Gasteiger partial charge in [-0.1, -0.05) is 19.9 Å². The molecule has 0 aliphatic heterocycles. The van der Waals surface area contributed by atoms with E-state index in [1.807, 2.05) is 13.8 Å². The number of hydrogen-bond acceptors (Lipinski definition) is 3. The lowest BCUT2D eigenvalue weighted by Gasteiger charge is -2.29. The van der Waals surface area contributed by atoms with Crippen molar-refractivity contribution in [3.63, 3.8) is 0 Å². The Hall–Kier alpha value is -0.840. The highest BCUT2D eigenvalue weighted by Crippen LogP contribution is 2.32. The monoisotopic (exact) mass is 263 g/mol. The summed E-state index contributed by atoms with van der Waals surface area (Å²) in [6, 6.07) is 4.13. The number of benzene rings is 1. The van der Waals surface area contributed by atoms with Gasteiger partial charge < -0.3 is 15.6 Å². The van der Waals surface area contributed by atoms with E-state index in [1.54, 1.807) is 12.1 Å². The first-order valence-electron chi connectivity index (χ1n) is 5.12. The SMILES string of the molecule is COc1cc([C@H](N)C(C)(C)CO)ccc1F.Cl. The lowest BCUT2D eigenvalue weighted by molar-refractivity contribution is 0.132. The summed E-state index contributed by atoms with van der Waals surface area (Å²) < 4.78 is 18.1. The van der Waals surface area contributed by atoms with Crippen LogP contribution in [0.15, 0.2) is 18.2 Å². The molecule has 1 rings (SSSR count). The number of rotatable bonds is 4. The van der Waals surface area contributed by atoms with Crippen molar-refractivity contribution in [1.29, 1.82) is 0 Å². The van der Waals surface area contributed by atoms with Crippen LogP contribution in [0.2, 0.25) is 0 Å². The number of aliphatic hydroxyl groups excluding tert-OH is 1. The van der Waals surface area contributed by atoms with Crippen LogP contribution in [0.3, 0.4) is 0 Å². The molecular formula is C12H19ClFNO2. The molecule has 0 unspecified atom stereocenters. The Kier molecular flexibility index (Phi) is 5.88. The van der Waals surface area contributed by atoms with Gasteiger partial charge in [-0.15, -0.1) is 12.4 Å². The van der Waals surface area contributed by atoms with Gasteiger partial charge in [-0.2, -0.15) is 0 Å². The molecule has 0 aliphatic carbocycles. The van der Waals surface area contributed by atoms with Crippen molar-refractivity contribution in [3.8, 4) is 5.75 Å². The van der Waals surface area contributed by atoms with Gasteiger partial charge in [0.15, 0.2) is 11.6 Å². The van der Waals surface area contributed by atoms with Crippen LogP contribution in [-0.2, 0) is 0 Å². The molecule has 0 saturated carbocycles. The normalized spacial score (nSPS) is 12.8. The van der Waals surface area contributed by atoms with E-state index < -0.39 is 11.2 Å². The number of methoxy groups -OCH3 is 1. The summed E-state index contributed by atoms with van der Waals surface area (Å²) in [5, 5.41) is 9.22. The van der Waals surface area contributed by atoms with Gasteiger partial charge in [0, 0.05) is 18.1 Å². The number of hydrogen-bond donors (Lipinski definition) is 2. The van der Waals surface area contributed by atoms with E-state index in [-0.39, 0.29) is 30.8 Å². The summed E-state index contributed by atoms with van der Waals surface area (Å²) in [6.45, 7) is 3.68. The summed E-state index contributed by atoms with van der Waals surface area (Å²) >= 11 is 0. The maximum atomic E-state index is 13.2. The van der Waals surface area contributed by atoms with Crippen molar-refractivity contribution in [3.05, 3.63) is 29.6 Å². The Morgan fingerprint density at radius 2 is 2.06 bits per heavy atom. The zero-order valence-corrected chi connectivity index (χ0v) is 11.1. The standard InChI is InChI=1S/C12H18FNO2.ClH/c1-12(2,7-15)11(14)8-4-5-9(13)10(6-8)16-3;/h4-6,11,15H,7,14H2,1-3H3;1H/t11-;/m0./s1. The lowest BCUT2D eigenvalue weighted by atomic mass is 9.82. The molecule has 98 valence electrons. The molecule has 1 atom stereocenters. The fourth-order valence-electron chi connectivity index (χ4n) is 1.42. The lowest BCUT2D eigenvalue weighted by Crippen LogP contribution is -2.32. The first kappa shape index (κ1) is 16.2. The van der Waals surface area contributed by atoms with Gasteiger partial charge >= 0.3 is 0 Å². The highest BCUT2D eigenvalue weighted by Gasteiger charge is 2.27. The second kappa shape index (κ2) is 6.19. The van der Waals surface area contributed by atoms with Crippen LogP contribution in [0.25, 0.3) is 0 Å². The third kappa shape index (κ3) is 3.56. The average molecular weight is 264 g/mol. The molecule has 0 spiro atoms. The third-order valence-electron chi connectivity index (χ3n) is 2.78. The van der Waals surface area contributed by atoms with E-state index in [1.165, 1.54) is 13.2 Å². The number of aliphatic hydroxyl groups is 1.